The zero-order valence-electron chi connectivity index (χ0n) is 8.49. The minimum absolute atomic E-state index is 0.404. The summed E-state index contributed by atoms with van der Waals surface area (Å²) in [4.78, 5) is 0. The summed E-state index contributed by atoms with van der Waals surface area (Å²) in [5, 5.41) is 3.51. The Morgan fingerprint density at radius 2 is 2.57 bits per heavy atom. The van der Waals surface area contributed by atoms with E-state index < -0.39 is 0 Å². The number of hydrogen-bond acceptors (Lipinski definition) is 2. The highest BCUT2D eigenvalue weighted by atomic mass is 16.5. The smallest absolute Gasteiger partial charge is 0.0553 e. The van der Waals surface area contributed by atoms with Gasteiger partial charge in [0.25, 0.3) is 0 Å². The van der Waals surface area contributed by atoms with Crippen LogP contribution in [0.2, 0.25) is 0 Å². The van der Waals surface area contributed by atoms with Gasteiger partial charge in [0.1, 0.15) is 0 Å². The highest BCUT2D eigenvalue weighted by Crippen LogP contribution is 2.46. The van der Waals surface area contributed by atoms with Gasteiger partial charge in [-0.05, 0) is 18.1 Å². The largest absolute Gasteiger partial charge is 0.381 e. The van der Waals surface area contributed by atoms with Crippen molar-refractivity contribution >= 4 is 0 Å². The van der Waals surface area contributed by atoms with Crippen molar-refractivity contribution in [3.63, 3.8) is 0 Å². The van der Waals surface area contributed by atoms with Gasteiger partial charge >= 0.3 is 0 Å². The van der Waals surface area contributed by atoms with E-state index in [4.69, 9.17) is 4.74 Å². The van der Waals surface area contributed by atoms with Gasteiger partial charge in [0.05, 0.1) is 6.61 Å². The van der Waals surface area contributed by atoms with Crippen LogP contribution < -0.4 is 5.32 Å². The molecule has 0 aromatic carbocycles. The van der Waals surface area contributed by atoms with E-state index in [1.54, 1.807) is 0 Å². The number of hydrogen-bond donors (Lipinski definition) is 1. The first kappa shape index (κ1) is 8.50. The molecule has 2 fully saturated rings. The number of rotatable bonds is 1. The standard InChI is InChI=1S/C11H16N2O/c1-13-4-2-9(6-13)10-11(7-12-10)3-5-14-8-11/h2,4,6,10,12H,3,5,7-8H2,1H3/t10-,11+/m1/s1. The van der Waals surface area contributed by atoms with Gasteiger partial charge in [0.2, 0.25) is 0 Å². The second-order valence-corrected chi connectivity index (χ2v) is 4.59. The quantitative estimate of drug-likeness (QED) is 0.720. The molecule has 0 radical (unpaired) electrons. The van der Waals surface area contributed by atoms with Crippen molar-refractivity contribution in [3.8, 4) is 0 Å². The molecule has 2 aliphatic heterocycles. The molecule has 0 aliphatic carbocycles. The number of aromatic nitrogens is 1. The SMILES string of the molecule is Cn1ccc([C@H]2NC[C@]23CCOC3)c1. The topological polar surface area (TPSA) is 26.2 Å². The molecule has 2 aliphatic rings. The lowest BCUT2D eigenvalue weighted by Gasteiger charge is -2.47. The van der Waals surface area contributed by atoms with Crippen molar-refractivity contribution in [2.45, 2.75) is 12.5 Å². The van der Waals surface area contributed by atoms with Gasteiger partial charge in [-0.2, -0.15) is 0 Å². The molecule has 3 nitrogen and oxygen atoms in total. The van der Waals surface area contributed by atoms with Gasteiger partial charge in [-0.3, -0.25) is 0 Å². The van der Waals surface area contributed by atoms with Crippen LogP contribution in [-0.4, -0.2) is 24.3 Å². The first-order valence-electron chi connectivity index (χ1n) is 5.23. The van der Waals surface area contributed by atoms with Crippen LogP contribution in [0.4, 0.5) is 0 Å². The van der Waals surface area contributed by atoms with Crippen LogP contribution in [0.15, 0.2) is 18.5 Å². The zero-order chi connectivity index (χ0) is 9.60. The first-order valence-corrected chi connectivity index (χ1v) is 5.23. The molecule has 0 saturated carbocycles. The van der Waals surface area contributed by atoms with Gasteiger partial charge in [-0.25, -0.2) is 0 Å². The van der Waals surface area contributed by atoms with E-state index >= 15 is 0 Å². The van der Waals surface area contributed by atoms with Crippen LogP contribution in [-0.2, 0) is 11.8 Å². The van der Waals surface area contributed by atoms with Crippen LogP contribution in [0, 0.1) is 5.41 Å². The molecular formula is C11H16N2O. The number of ether oxygens (including phenoxy) is 1. The molecule has 3 rings (SSSR count). The maximum atomic E-state index is 5.51. The summed E-state index contributed by atoms with van der Waals surface area (Å²) in [7, 11) is 2.07. The molecule has 3 heteroatoms. The molecular weight excluding hydrogens is 176 g/mol. The van der Waals surface area contributed by atoms with E-state index in [1.807, 2.05) is 0 Å². The highest BCUT2D eigenvalue weighted by molar-refractivity contribution is 5.23. The molecule has 2 saturated heterocycles. The monoisotopic (exact) mass is 192 g/mol. The minimum atomic E-state index is 0.404. The minimum Gasteiger partial charge on any atom is -0.381 e. The average molecular weight is 192 g/mol. The molecule has 3 heterocycles. The molecule has 1 aromatic heterocycles. The fourth-order valence-corrected chi connectivity index (χ4v) is 2.65. The van der Waals surface area contributed by atoms with Crippen LogP contribution in [0.5, 0.6) is 0 Å². The van der Waals surface area contributed by atoms with E-state index in [2.05, 4.69) is 35.4 Å². The van der Waals surface area contributed by atoms with Crippen molar-refractivity contribution in [1.82, 2.24) is 9.88 Å². The third-order valence-electron chi connectivity index (χ3n) is 3.59. The Kier molecular flexibility index (Phi) is 1.73. The second-order valence-electron chi connectivity index (χ2n) is 4.59. The first-order chi connectivity index (χ1) is 6.80. The van der Waals surface area contributed by atoms with Crippen LogP contribution in [0.1, 0.15) is 18.0 Å². The van der Waals surface area contributed by atoms with Crippen molar-refractivity contribution in [2.24, 2.45) is 12.5 Å². The molecule has 0 amide bonds. The Bertz CT molecular complexity index is 339. The normalized spacial score (nSPS) is 36.2. The van der Waals surface area contributed by atoms with Crippen molar-refractivity contribution in [3.05, 3.63) is 24.0 Å². The molecule has 0 unspecified atom stereocenters. The zero-order valence-corrected chi connectivity index (χ0v) is 8.49. The van der Waals surface area contributed by atoms with Gasteiger partial charge in [0.15, 0.2) is 0 Å². The van der Waals surface area contributed by atoms with Crippen LogP contribution >= 0.6 is 0 Å². The Hall–Kier alpha value is -0.800. The van der Waals surface area contributed by atoms with E-state index in [1.165, 1.54) is 12.0 Å². The predicted molar refractivity (Wildman–Crippen MR) is 54.0 cm³/mol. The molecule has 14 heavy (non-hydrogen) atoms. The molecule has 1 N–H and O–H groups in total. The summed E-state index contributed by atoms with van der Waals surface area (Å²) in [6.45, 7) is 2.98. The van der Waals surface area contributed by atoms with Crippen molar-refractivity contribution < 1.29 is 4.74 Å². The summed E-state index contributed by atoms with van der Waals surface area (Å²) in [5.74, 6) is 0. The molecule has 2 atom stereocenters. The third-order valence-corrected chi connectivity index (χ3v) is 3.59. The predicted octanol–water partition coefficient (Wildman–Crippen LogP) is 1.08. The maximum absolute atomic E-state index is 5.51. The lowest BCUT2D eigenvalue weighted by molar-refractivity contribution is 0.0577. The lowest BCUT2D eigenvalue weighted by atomic mass is 9.71. The Morgan fingerprint density at radius 1 is 1.64 bits per heavy atom. The molecule has 1 spiro atoms. The average Bonchev–Trinajstić information content (AvgIpc) is 2.73. The second kappa shape index (κ2) is 2.84. The molecule has 76 valence electrons. The fourth-order valence-electron chi connectivity index (χ4n) is 2.65. The summed E-state index contributed by atoms with van der Waals surface area (Å²) >= 11 is 0. The van der Waals surface area contributed by atoms with E-state index in [0.29, 0.717) is 11.5 Å². The van der Waals surface area contributed by atoms with Crippen LogP contribution in [0.3, 0.4) is 0 Å². The summed E-state index contributed by atoms with van der Waals surface area (Å²) < 4.78 is 7.62. The van der Waals surface area contributed by atoms with Gasteiger partial charge in [-0.15, -0.1) is 0 Å². The van der Waals surface area contributed by atoms with Crippen molar-refractivity contribution in [1.29, 1.82) is 0 Å². The number of aryl methyl sites for hydroxylation is 1. The Balaban J connectivity index is 1.86. The van der Waals surface area contributed by atoms with Crippen molar-refractivity contribution in [2.75, 3.05) is 19.8 Å². The Labute approximate surface area is 84.1 Å². The van der Waals surface area contributed by atoms with E-state index in [0.717, 1.165) is 19.8 Å². The van der Waals surface area contributed by atoms with Crippen LogP contribution in [0.25, 0.3) is 0 Å². The third kappa shape index (κ3) is 1.06. The Morgan fingerprint density at radius 3 is 3.07 bits per heavy atom. The van der Waals surface area contributed by atoms with E-state index in [9.17, 15) is 0 Å². The molecule has 0 bridgehead atoms. The summed E-state index contributed by atoms with van der Waals surface area (Å²) in [6, 6.07) is 2.72. The molecule has 1 aromatic rings. The highest BCUT2D eigenvalue weighted by Gasteiger charge is 2.49. The number of nitrogens with one attached hydrogen (secondary N) is 1. The lowest BCUT2D eigenvalue weighted by Crippen LogP contribution is -2.56. The van der Waals surface area contributed by atoms with Gasteiger partial charge in [0, 0.05) is 44.0 Å². The summed E-state index contributed by atoms with van der Waals surface area (Å²) in [5.41, 5.74) is 1.81. The van der Waals surface area contributed by atoms with Gasteiger partial charge < -0.3 is 14.6 Å². The van der Waals surface area contributed by atoms with Gasteiger partial charge in [-0.1, -0.05) is 0 Å². The fraction of sp³-hybridized carbons (Fsp3) is 0.636. The van der Waals surface area contributed by atoms with E-state index in [-0.39, 0.29) is 0 Å². The number of nitrogens with zero attached hydrogens (tertiary/aromatic N) is 1. The summed E-state index contributed by atoms with van der Waals surface area (Å²) in [6.07, 6.45) is 5.52. The maximum Gasteiger partial charge on any atom is 0.0553 e.